The van der Waals surface area contributed by atoms with Crippen LogP contribution in [0.2, 0.25) is 0 Å². The van der Waals surface area contributed by atoms with Crippen molar-refractivity contribution in [3.05, 3.63) is 36.7 Å². The Hall–Kier alpha value is -1.88. The summed E-state index contributed by atoms with van der Waals surface area (Å²) in [7, 11) is 0. The number of hydrogen-bond donors (Lipinski definition) is 1. The van der Waals surface area contributed by atoms with E-state index < -0.39 is 0 Å². The van der Waals surface area contributed by atoms with Gasteiger partial charge >= 0.3 is 0 Å². The van der Waals surface area contributed by atoms with E-state index in [1.165, 1.54) is 0 Å². The van der Waals surface area contributed by atoms with Crippen molar-refractivity contribution >= 4 is 11.6 Å². The molecule has 2 rings (SSSR count). The van der Waals surface area contributed by atoms with E-state index in [2.05, 4.69) is 28.7 Å². The molecule has 1 fully saturated rings. The van der Waals surface area contributed by atoms with Crippen molar-refractivity contribution in [1.29, 1.82) is 0 Å². The van der Waals surface area contributed by atoms with Gasteiger partial charge in [0.2, 0.25) is 0 Å². The number of piperazine rings is 1. The summed E-state index contributed by atoms with van der Waals surface area (Å²) in [5.41, 5.74) is 1.40. The lowest BCUT2D eigenvalue weighted by molar-refractivity contribution is 0.0637. The molecule has 20 heavy (non-hydrogen) atoms. The van der Waals surface area contributed by atoms with Crippen LogP contribution in [0.4, 0.5) is 5.69 Å². The molecule has 0 spiro atoms. The minimum Gasteiger partial charge on any atom is -0.381 e. The Balaban J connectivity index is 2.00. The first-order valence-electron chi connectivity index (χ1n) is 7.07. The van der Waals surface area contributed by atoms with Gasteiger partial charge in [-0.3, -0.25) is 9.78 Å². The Morgan fingerprint density at radius 2 is 2.20 bits per heavy atom. The minimum absolute atomic E-state index is 0.0167. The van der Waals surface area contributed by atoms with Gasteiger partial charge in [0.25, 0.3) is 5.91 Å². The Labute approximate surface area is 120 Å². The van der Waals surface area contributed by atoms with Gasteiger partial charge in [0, 0.05) is 44.6 Å². The Morgan fingerprint density at radius 1 is 1.45 bits per heavy atom. The number of nitrogens with one attached hydrogen (secondary N) is 1. The van der Waals surface area contributed by atoms with Gasteiger partial charge in [0.15, 0.2) is 0 Å². The molecule has 0 atom stereocenters. The molecular formula is C15H22N4O. The third kappa shape index (κ3) is 3.57. The van der Waals surface area contributed by atoms with Crippen LogP contribution in [0.5, 0.6) is 0 Å². The number of carbonyl (C=O) groups is 1. The Kier molecular flexibility index (Phi) is 5.12. The number of amides is 1. The van der Waals surface area contributed by atoms with Crippen molar-refractivity contribution in [3.8, 4) is 0 Å². The van der Waals surface area contributed by atoms with E-state index in [9.17, 15) is 4.79 Å². The molecule has 1 N–H and O–H groups in total. The van der Waals surface area contributed by atoms with Gasteiger partial charge < -0.3 is 15.1 Å². The van der Waals surface area contributed by atoms with Crippen molar-refractivity contribution in [2.45, 2.75) is 6.92 Å². The van der Waals surface area contributed by atoms with E-state index in [1.807, 2.05) is 11.0 Å². The number of rotatable bonds is 5. The van der Waals surface area contributed by atoms with Crippen molar-refractivity contribution in [1.82, 2.24) is 14.8 Å². The molecule has 0 bridgehead atoms. The van der Waals surface area contributed by atoms with Crippen LogP contribution < -0.4 is 5.32 Å². The SMILES string of the molecule is C=CCNc1ccnc(C(=O)N2CCN(CC)CC2)c1. The van der Waals surface area contributed by atoms with E-state index >= 15 is 0 Å². The predicted octanol–water partition coefficient (Wildman–Crippen LogP) is 1.46. The third-order valence-corrected chi connectivity index (χ3v) is 3.54. The van der Waals surface area contributed by atoms with Crippen LogP contribution in [0.25, 0.3) is 0 Å². The molecular weight excluding hydrogens is 252 g/mol. The second kappa shape index (κ2) is 7.05. The summed E-state index contributed by atoms with van der Waals surface area (Å²) in [6.45, 7) is 11.0. The molecule has 1 saturated heterocycles. The third-order valence-electron chi connectivity index (χ3n) is 3.54. The van der Waals surface area contributed by atoms with Gasteiger partial charge in [-0.1, -0.05) is 13.0 Å². The highest BCUT2D eigenvalue weighted by Crippen LogP contribution is 2.11. The molecule has 0 radical (unpaired) electrons. The minimum atomic E-state index is 0.0167. The molecule has 2 heterocycles. The van der Waals surface area contributed by atoms with Crippen LogP contribution in [0.3, 0.4) is 0 Å². The fourth-order valence-electron chi connectivity index (χ4n) is 2.28. The monoisotopic (exact) mass is 274 g/mol. The number of carbonyl (C=O) groups excluding carboxylic acids is 1. The van der Waals surface area contributed by atoms with E-state index in [4.69, 9.17) is 0 Å². The average Bonchev–Trinajstić information content (AvgIpc) is 2.52. The highest BCUT2D eigenvalue weighted by Gasteiger charge is 2.22. The maximum absolute atomic E-state index is 12.4. The zero-order valence-corrected chi connectivity index (χ0v) is 12.0. The average molecular weight is 274 g/mol. The van der Waals surface area contributed by atoms with Crippen LogP contribution in [-0.2, 0) is 0 Å². The molecule has 1 aliphatic rings. The topological polar surface area (TPSA) is 48.5 Å². The van der Waals surface area contributed by atoms with Crippen LogP contribution >= 0.6 is 0 Å². The van der Waals surface area contributed by atoms with Crippen LogP contribution in [-0.4, -0.2) is 60.0 Å². The summed E-state index contributed by atoms with van der Waals surface area (Å²) in [6, 6.07) is 3.66. The maximum Gasteiger partial charge on any atom is 0.272 e. The largest absolute Gasteiger partial charge is 0.381 e. The van der Waals surface area contributed by atoms with Gasteiger partial charge in [-0.25, -0.2) is 0 Å². The predicted molar refractivity (Wildman–Crippen MR) is 80.9 cm³/mol. The van der Waals surface area contributed by atoms with E-state index in [-0.39, 0.29) is 5.91 Å². The molecule has 108 valence electrons. The van der Waals surface area contributed by atoms with Gasteiger partial charge in [0.05, 0.1) is 0 Å². The zero-order chi connectivity index (χ0) is 14.4. The number of pyridine rings is 1. The standard InChI is InChI=1S/C15H22N4O/c1-3-6-16-13-5-7-17-14(12-13)15(20)19-10-8-18(4-2)9-11-19/h3,5,7,12H,1,4,6,8-11H2,2H3,(H,16,17). The fourth-order valence-corrected chi connectivity index (χ4v) is 2.28. The lowest BCUT2D eigenvalue weighted by Crippen LogP contribution is -2.48. The van der Waals surface area contributed by atoms with Gasteiger partial charge in [-0.2, -0.15) is 0 Å². The molecule has 5 heteroatoms. The summed E-state index contributed by atoms with van der Waals surface area (Å²) in [5.74, 6) is 0.0167. The molecule has 0 saturated carbocycles. The molecule has 1 amide bonds. The normalized spacial score (nSPS) is 15.9. The molecule has 0 aliphatic carbocycles. The summed E-state index contributed by atoms with van der Waals surface area (Å²) >= 11 is 0. The first-order chi connectivity index (χ1) is 9.74. The molecule has 0 aromatic carbocycles. The molecule has 1 aromatic rings. The summed E-state index contributed by atoms with van der Waals surface area (Å²) in [6.07, 6.45) is 3.45. The maximum atomic E-state index is 12.4. The first kappa shape index (κ1) is 14.5. The van der Waals surface area contributed by atoms with Crippen LogP contribution in [0.1, 0.15) is 17.4 Å². The second-order valence-electron chi connectivity index (χ2n) is 4.83. The first-order valence-corrected chi connectivity index (χ1v) is 7.07. The lowest BCUT2D eigenvalue weighted by Gasteiger charge is -2.33. The van der Waals surface area contributed by atoms with Gasteiger partial charge in [-0.15, -0.1) is 6.58 Å². The number of likely N-dealkylation sites (N-methyl/N-ethyl adjacent to an activating group) is 1. The lowest BCUT2D eigenvalue weighted by atomic mass is 10.2. The number of anilines is 1. The zero-order valence-electron chi connectivity index (χ0n) is 12.0. The Morgan fingerprint density at radius 3 is 2.85 bits per heavy atom. The summed E-state index contributed by atoms with van der Waals surface area (Å²) < 4.78 is 0. The van der Waals surface area contributed by atoms with Gasteiger partial charge in [-0.05, 0) is 18.7 Å². The quantitative estimate of drug-likeness (QED) is 0.826. The molecule has 1 aliphatic heterocycles. The molecule has 1 aromatic heterocycles. The highest BCUT2D eigenvalue weighted by atomic mass is 16.2. The number of aromatic nitrogens is 1. The van der Waals surface area contributed by atoms with Crippen molar-refractivity contribution in [2.75, 3.05) is 44.6 Å². The van der Waals surface area contributed by atoms with E-state index in [0.717, 1.165) is 38.4 Å². The highest BCUT2D eigenvalue weighted by molar-refractivity contribution is 5.93. The van der Waals surface area contributed by atoms with Gasteiger partial charge in [0.1, 0.15) is 5.69 Å². The van der Waals surface area contributed by atoms with E-state index in [0.29, 0.717) is 12.2 Å². The second-order valence-corrected chi connectivity index (χ2v) is 4.83. The van der Waals surface area contributed by atoms with Crippen molar-refractivity contribution in [2.24, 2.45) is 0 Å². The van der Waals surface area contributed by atoms with Crippen molar-refractivity contribution < 1.29 is 4.79 Å². The van der Waals surface area contributed by atoms with Crippen molar-refractivity contribution in [3.63, 3.8) is 0 Å². The summed E-state index contributed by atoms with van der Waals surface area (Å²) in [5, 5.41) is 3.17. The van der Waals surface area contributed by atoms with E-state index in [1.54, 1.807) is 18.3 Å². The Bertz CT molecular complexity index is 467. The summed E-state index contributed by atoms with van der Waals surface area (Å²) in [4.78, 5) is 20.8. The van der Waals surface area contributed by atoms with Crippen LogP contribution in [0.15, 0.2) is 31.0 Å². The molecule has 0 unspecified atom stereocenters. The number of hydrogen-bond acceptors (Lipinski definition) is 4. The molecule has 5 nitrogen and oxygen atoms in total. The van der Waals surface area contributed by atoms with Crippen LogP contribution in [0, 0.1) is 0 Å². The number of nitrogens with zero attached hydrogens (tertiary/aromatic N) is 3. The smallest absolute Gasteiger partial charge is 0.272 e. The fraction of sp³-hybridized carbons (Fsp3) is 0.467.